The molecule has 25 heteroatoms. The zero-order valence-corrected chi connectivity index (χ0v) is 41.6. The molecule has 0 bridgehead atoms. The van der Waals surface area contributed by atoms with E-state index in [1.165, 1.54) is 16.8 Å². The van der Waals surface area contributed by atoms with E-state index >= 15 is 0 Å². The zero-order chi connectivity index (χ0) is 53.8. The van der Waals surface area contributed by atoms with Gasteiger partial charge in [-0.05, 0) is 86.6 Å². The number of nitrogens with two attached hydrogens (primary N) is 4. The number of guanidine groups is 2. The van der Waals surface area contributed by atoms with Gasteiger partial charge in [0.1, 0.15) is 36.3 Å². The molecule has 0 aromatic heterocycles. The van der Waals surface area contributed by atoms with Crippen molar-refractivity contribution in [3.05, 3.63) is 48.0 Å². The van der Waals surface area contributed by atoms with E-state index in [2.05, 4.69) is 41.9 Å². The van der Waals surface area contributed by atoms with Gasteiger partial charge in [0.25, 0.3) is 0 Å². The first kappa shape index (κ1) is 58.0. The molecule has 0 saturated carbocycles. The van der Waals surface area contributed by atoms with Crippen molar-refractivity contribution in [1.82, 2.24) is 41.7 Å². The van der Waals surface area contributed by atoms with Crippen LogP contribution in [0.2, 0.25) is 0 Å². The molecule has 2 aromatic carbocycles. The Kier molecular flexibility index (Phi) is 22.6. The van der Waals surface area contributed by atoms with Crippen molar-refractivity contribution in [2.75, 3.05) is 39.8 Å². The summed E-state index contributed by atoms with van der Waals surface area (Å²) in [6.45, 7) is 3.51. The van der Waals surface area contributed by atoms with E-state index < -0.39 is 109 Å². The highest BCUT2D eigenvalue weighted by molar-refractivity contribution is 5.98. The average Bonchev–Trinajstić information content (AvgIpc) is 3.89. The second kappa shape index (κ2) is 28.5. The number of rotatable bonds is 27. The molecule has 400 valence electrons. The first-order chi connectivity index (χ1) is 34.6. The summed E-state index contributed by atoms with van der Waals surface area (Å²) in [6.07, 6.45) is 1.66. The van der Waals surface area contributed by atoms with Gasteiger partial charge in [-0.1, -0.05) is 56.3 Å². The van der Waals surface area contributed by atoms with Gasteiger partial charge in [-0.2, -0.15) is 0 Å². The Balaban J connectivity index is 1.64. The van der Waals surface area contributed by atoms with Crippen molar-refractivity contribution >= 4 is 76.0 Å². The van der Waals surface area contributed by atoms with Gasteiger partial charge >= 0.3 is 11.9 Å². The standard InChI is InChI=1S/C48H72N14O11/c1-27(2)39(46(72)73)60-41(67)32(14-9-21-55-48(51)52)57-40(66)31(13-8-20-54-47(49)50)58-42(68)34(24-28-17-18-29-11-4-5-12-30(29)23-28)59-43(69)36-16-6-7-22-62(36)45(71)35(25-38(64)65)56-37(63)26-61(3)44(70)33-15-10-19-53-33/h4-5,11-12,17-18,23,27,31-36,39,53H,6-10,13-16,19-22,24-26H2,1-3H3,(H,56,63)(H,57,66)(H,58,68)(H,59,69)(H,60,67)(H,64,65)(H,72,73)(H4,49,50,54)(H4,51,52,55)/t31-,32-,33-,34-,35+,36-,39+/m0/s1. The molecule has 16 N–H and O–H groups in total. The molecular weight excluding hydrogens is 949 g/mol. The normalized spacial score (nSPS) is 17.4. The third-order valence-corrected chi connectivity index (χ3v) is 12.5. The van der Waals surface area contributed by atoms with E-state index in [9.17, 15) is 53.4 Å². The van der Waals surface area contributed by atoms with Crippen LogP contribution < -0.4 is 54.8 Å². The summed E-state index contributed by atoms with van der Waals surface area (Å²) in [7, 11) is 1.42. The molecule has 2 saturated heterocycles. The minimum absolute atomic E-state index is 0.0132. The van der Waals surface area contributed by atoms with Gasteiger partial charge in [0.15, 0.2) is 11.9 Å². The monoisotopic (exact) mass is 1020 g/mol. The molecule has 0 unspecified atom stereocenters. The highest BCUT2D eigenvalue weighted by Gasteiger charge is 2.39. The lowest BCUT2D eigenvalue weighted by Crippen LogP contribution is -2.61. The SMILES string of the molecule is CC(C)[C@@H](NC(=O)[C@H](CCCN=C(N)N)NC(=O)[C@H](CCCN=C(N)N)NC(=O)[C@H](Cc1ccc2ccccc2c1)NC(=O)[C@@H]1CCCCN1C(=O)[C@@H](CC(=O)O)NC(=O)CN(C)C(=O)[C@@H]1CCCN1)C(=O)O. The summed E-state index contributed by atoms with van der Waals surface area (Å²) in [6, 6.07) is 4.18. The number of carbonyl (C=O) groups is 9. The lowest BCUT2D eigenvalue weighted by atomic mass is 9.97. The number of hydrogen-bond donors (Lipinski definition) is 12. The maximum absolute atomic E-state index is 14.7. The summed E-state index contributed by atoms with van der Waals surface area (Å²) in [4.78, 5) is 132. The van der Waals surface area contributed by atoms with Crippen molar-refractivity contribution in [3.63, 3.8) is 0 Å². The predicted molar refractivity (Wildman–Crippen MR) is 270 cm³/mol. The Hall–Kier alpha value is -7.57. The van der Waals surface area contributed by atoms with E-state index in [0.29, 0.717) is 31.4 Å². The van der Waals surface area contributed by atoms with Crippen LogP contribution in [0.4, 0.5) is 0 Å². The Morgan fingerprint density at radius 3 is 1.90 bits per heavy atom. The van der Waals surface area contributed by atoms with Crippen molar-refractivity contribution in [1.29, 1.82) is 0 Å². The molecule has 7 atom stereocenters. The quantitative estimate of drug-likeness (QED) is 0.0255. The second-order valence-corrected chi connectivity index (χ2v) is 18.6. The maximum atomic E-state index is 14.7. The number of benzene rings is 2. The lowest BCUT2D eigenvalue weighted by molar-refractivity contribution is -0.149. The number of carboxylic acids is 2. The number of aliphatic carboxylic acids is 2. The Morgan fingerprint density at radius 1 is 0.740 bits per heavy atom. The fraction of sp³-hybridized carbons (Fsp3) is 0.562. The fourth-order valence-electron chi connectivity index (χ4n) is 8.67. The van der Waals surface area contributed by atoms with Crippen LogP contribution in [0.25, 0.3) is 10.8 Å². The number of amides is 7. The van der Waals surface area contributed by atoms with E-state index in [0.717, 1.165) is 17.2 Å². The lowest BCUT2D eigenvalue weighted by Gasteiger charge is -2.37. The van der Waals surface area contributed by atoms with Gasteiger partial charge in [-0.3, -0.25) is 48.3 Å². The summed E-state index contributed by atoms with van der Waals surface area (Å²) in [5, 5.41) is 37.5. The van der Waals surface area contributed by atoms with Gasteiger partial charge in [-0.15, -0.1) is 0 Å². The summed E-state index contributed by atoms with van der Waals surface area (Å²) >= 11 is 0. The van der Waals surface area contributed by atoms with Gasteiger partial charge in [0.2, 0.25) is 41.4 Å². The molecule has 2 heterocycles. The molecule has 2 aliphatic heterocycles. The molecular formula is C48H72N14O11. The molecule has 0 aliphatic carbocycles. The van der Waals surface area contributed by atoms with Crippen LogP contribution >= 0.6 is 0 Å². The van der Waals surface area contributed by atoms with Crippen LogP contribution in [0, 0.1) is 5.92 Å². The van der Waals surface area contributed by atoms with Gasteiger partial charge in [0, 0.05) is 33.1 Å². The number of piperidine rings is 1. The number of likely N-dealkylation sites (N-methyl/N-ethyl adjacent to an activating group) is 1. The third-order valence-electron chi connectivity index (χ3n) is 12.5. The highest BCUT2D eigenvalue weighted by Crippen LogP contribution is 2.21. The number of hydrogen-bond acceptors (Lipinski definition) is 12. The van der Waals surface area contributed by atoms with E-state index in [1.54, 1.807) is 19.9 Å². The smallest absolute Gasteiger partial charge is 0.326 e. The number of aliphatic imine (C=N–C) groups is 2. The van der Waals surface area contributed by atoms with Crippen molar-refractivity contribution in [3.8, 4) is 0 Å². The molecule has 4 rings (SSSR count). The van der Waals surface area contributed by atoms with Gasteiger partial charge in [0.05, 0.1) is 19.0 Å². The van der Waals surface area contributed by atoms with Gasteiger partial charge < -0.3 is 74.8 Å². The molecule has 0 spiro atoms. The largest absolute Gasteiger partial charge is 0.481 e. The average molecular weight is 1020 g/mol. The number of carbonyl (C=O) groups excluding carboxylic acids is 7. The van der Waals surface area contributed by atoms with E-state index in [-0.39, 0.29) is 76.0 Å². The molecule has 0 radical (unpaired) electrons. The number of nitrogens with one attached hydrogen (secondary N) is 6. The Labute approximate surface area is 423 Å². The van der Waals surface area contributed by atoms with Crippen LogP contribution in [0.15, 0.2) is 52.4 Å². The zero-order valence-electron chi connectivity index (χ0n) is 41.6. The number of nitrogens with zero attached hydrogens (tertiary/aromatic N) is 4. The van der Waals surface area contributed by atoms with Crippen molar-refractivity contribution in [2.24, 2.45) is 38.8 Å². The van der Waals surface area contributed by atoms with E-state index in [4.69, 9.17) is 22.9 Å². The molecule has 7 amide bonds. The third kappa shape index (κ3) is 18.5. The fourth-order valence-corrected chi connectivity index (χ4v) is 8.67. The second-order valence-electron chi connectivity index (χ2n) is 18.6. The Bertz CT molecular complexity index is 2350. The van der Waals surface area contributed by atoms with Crippen LogP contribution in [-0.4, -0.2) is 167 Å². The van der Waals surface area contributed by atoms with Crippen molar-refractivity contribution in [2.45, 2.75) is 127 Å². The highest BCUT2D eigenvalue weighted by atomic mass is 16.4. The number of carboxylic acid groups (broad SMARTS) is 2. The van der Waals surface area contributed by atoms with Crippen LogP contribution in [0.1, 0.15) is 83.6 Å². The van der Waals surface area contributed by atoms with Crippen molar-refractivity contribution < 1.29 is 53.4 Å². The van der Waals surface area contributed by atoms with Crippen LogP contribution in [-0.2, 0) is 49.6 Å². The van der Waals surface area contributed by atoms with E-state index in [1.807, 2.05) is 36.4 Å². The summed E-state index contributed by atoms with van der Waals surface area (Å²) in [5.74, 6) is -8.88. The Morgan fingerprint density at radius 2 is 1.34 bits per heavy atom. The summed E-state index contributed by atoms with van der Waals surface area (Å²) in [5.41, 5.74) is 22.6. The van der Waals surface area contributed by atoms with Crippen LogP contribution in [0.3, 0.4) is 0 Å². The molecule has 2 fully saturated rings. The molecule has 2 aliphatic rings. The molecule has 73 heavy (non-hydrogen) atoms. The predicted octanol–water partition coefficient (Wildman–Crippen LogP) is -2.28. The minimum atomic E-state index is -1.61. The van der Waals surface area contributed by atoms with Gasteiger partial charge in [-0.25, -0.2) is 4.79 Å². The first-order valence-electron chi connectivity index (χ1n) is 24.5. The number of fused-ring (bicyclic) bond motifs is 1. The minimum Gasteiger partial charge on any atom is -0.481 e. The van der Waals surface area contributed by atoms with Crippen LogP contribution in [0.5, 0.6) is 0 Å². The summed E-state index contributed by atoms with van der Waals surface area (Å²) < 4.78 is 0. The maximum Gasteiger partial charge on any atom is 0.326 e. The molecule has 2 aromatic rings. The molecule has 25 nitrogen and oxygen atoms in total. The number of likely N-dealkylation sites (tertiary alicyclic amines) is 1. The topological polar surface area (TPSA) is 402 Å². The first-order valence-corrected chi connectivity index (χ1v) is 24.5.